The Labute approximate surface area is 191 Å². The molecule has 0 spiro atoms. The van der Waals surface area contributed by atoms with E-state index in [1.807, 2.05) is 28.8 Å². The summed E-state index contributed by atoms with van der Waals surface area (Å²) in [5.74, 6) is 2.90. The Kier molecular flexibility index (Phi) is 7.23. The first-order chi connectivity index (χ1) is 15.1. The van der Waals surface area contributed by atoms with Crippen molar-refractivity contribution in [3.63, 3.8) is 0 Å². The number of methoxy groups -OCH3 is 1. The predicted molar refractivity (Wildman–Crippen MR) is 129 cm³/mol. The second-order valence-electron chi connectivity index (χ2n) is 8.30. The number of aromatic nitrogens is 2. The van der Waals surface area contributed by atoms with E-state index in [0.717, 1.165) is 51.9 Å². The number of rotatable bonds is 9. The highest BCUT2D eigenvalue weighted by molar-refractivity contribution is 7.99. The maximum Gasteiger partial charge on any atom is 0.263 e. The van der Waals surface area contributed by atoms with Gasteiger partial charge in [-0.15, -0.1) is 11.3 Å². The van der Waals surface area contributed by atoms with Crippen LogP contribution in [0, 0.1) is 5.92 Å². The Morgan fingerprint density at radius 3 is 2.65 bits per heavy atom. The maximum absolute atomic E-state index is 13.5. The van der Waals surface area contributed by atoms with E-state index in [0.29, 0.717) is 19.1 Å². The molecule has 1 aliphatic carbocycles. The zero-order valence-corrected chi connectivity index (χ0v) is 20.1. The first-order valence-corrected chi connectivity index (χ1v) is 12.8. The SMILES string of the molecule is COc1ccc(OCCSc2nc3sc4c(c3c(=O)n2CCC(C)C)CCCC4)cc1. The van der Waals surface area contributed by atoms with Crippen molar-refractivity contribution in [2.24, 2.45) is 5.92 Å². The van der Waals surface area contributed by atoms with Crippen molar-refractivity contribution in [3.8, 4) is 11.5 Å². The number of hydrogen-bond acceptors (Lipinski definition) is 6. The van der Waals surface area contributed by atoms with Crippen LogP contribution in [-0.4, -0.2) is 29.0 Å². The molecule has 4 rings (SSSR count). The summed E-state index contributed by atoms with van der Waals surface area (Å²) in [7, 11) is 1.65. The Morgan fingerprint density at radius 1 is 1.16 bits per heavy atom. The van der Waals surface area contributed by atoms with Gasteiger partial charge in [0.15, 0.2) is 5.16 Å². The maximum atomic E-state index is 13.5. The molecule has 0 saturated heterocycles. The minimum absolute atomic E-state index is 0.142. The summed E-state index contributed by atoms with van der Waals surface area (Å²) in [5, 5.41) is 1.69. The van der Waals surface area contributed by atoms with Crippen LogP contribution in [-0.2, 0) is 19.4 Å². The lowest BCUT2D eigenvalue weighted by molar-refractivity contribution is 0.342. The third-order valence-electron chi connectivity index (χ3n) is 5.61. The van der Waals surface area contributed by atoms with Crippen LogP contribution in [0.5, 0.6) is 11.5 Å². The first kappa shape index (κ1) is 22.2. The summed E-state index contributed by atoms with van der Waals surface area (Å²) in [6, 6.07) is 7.59. The van der Waals surface area contributed by atoms with Crippen LogP contribution >= 0.6 is 23.1 Å². The number of fused-ring (bicyclic) bond motifs is 3. The highest BCUT2D eigenvalue weighted by atomic mass is 32.2. The predicted octanol–water partition coefficient (Wildman–Crippen LogP) is 5.56. The van der Waals surface area contributed by atoms with Crippen molar-refractivity contribution in [3.05, 3.63) is 45.1 Å². The number of ether oxygens (including phenoxy) is 2. The van der Waals surface area contributed by atoms with Gasteiger partial charge in [-0.3, -0.25) is 9.36 Å². The van der Waals surface area contributed by atoms with Crippen molar-refractivity contribution in [2.45, 2.75) is 57.7 Å². The van der Waals surface area contributed by atoms with Crippen LogP contribution < -0.4 is 15.0 Å². The third kappa shape index (κ3) is 5.09. The second kappa shape index (κ2) is 10.1. The molecule has 0 amide bonds. The minimum atomic E-state index is 0.142. The molecule has 7 heteroatoms. The van der Waals surface area contributed by atoms with Gasteiger partial charge in [0.25, 0.3) is 5.56 Å². The number of hydrogen-bond donors (Lipinski definition) is 0. The zero-order valence-electron chi connectivity index (χ0n) is 18.5. The van der Waals surface area contributed by atoms with Gasteiger partial charge in [0.05, 0.1) is 19.1 Å². The molecule has 0 bridgehead atoms. The van der Waals surface area contributed by atoms with E-state index in [9.17, 15) is 4.79 Å². The summed E-state index contributed by atoms with van der Waals surface area (Å²) < 4.78 is 12.9. The average Bonchev–Trinajstić information content (AvgIpc) is 3.15. The molecule has 31 heavy (non-hydrogen) atoms. The van der Waals surface area contributed by atoms with Crippen molar-refractivity contribution in [1.29, 1.82) is 0 Å². The van der Waals surface area contributed by atoms with Crippen LogP contribution in [0.25, 0.3) is 10.2 Å². The van der Waals surface area contributed by atoms with Crippen molar-refractivity contribution >= 4 is 33.3 Å². The highest BCUT2D eigenvalue weighted by Crippen LogP contribution is 2.34. The van der Waals surface area contributed by atoms with E-state index in [4.69, 9.17) is 14.5 Å². The van der Waals surface area contributed by atoms with Gasteiger partial charge in [-0.1, -0.05) is 25.6 Å². The number of aryl methyl sites for hydroxylation is 2. The van der Waals surface area contributed by atoms with E-state index >= 15 is 0 Å². The summed E-state index contributed by atoms with van der Waals surface area (Å²) in [6.45, 7) is 5.65. The number of thioether (sulfide) groups is 1. The summed E-state index contributed by atoms with van der Waals surface area (Å²) in [4.78, 5) is 20.7. The van der Waals surface area contributed by atoms with Gasteiger partial charge in [0.2, 0.25) is 0 Å². The Hall–Kier alpha value is -1.99. The van der Waals surface area contributed by atoms with Crippen LogP contribution in [0.4, 0.5) is 0 Å². The van der Waals surface area contributed by atoms with E-state index in [1.54, 1.807) is 30.2 Å². The fourth-order valence-corrected chi connectivity index (χ4v) is 6.02. The summed E-state index contributed by atoms with van der Waals surface area (Å²) >= 11 is 3.33. The molecule has 1 aromatic carbocycles. The number of benzene rings is 1. The molecule has 0 saturated carbocycles. The zero-order chi connectivity index (χ0) is 21.8. The third-order valence-corrected chi connectivity index (χ3v) is 7.74. The monoisotopic (exact) mass is 458 g/mol. The van der Waals surface area contributed by atoms with Crippen molar-refractivity contribution in [1.82, 2.24) is 9.55 Å². The lowest BCUT2D eigenvalue weighted by Gasteiger charge is -2.14. The van der Waals surface area contributed by atoms with Crippen LogP contribution in [0.2, 0.25) is 0 Å². The standard InChI is InChI=1S/C24H30N2O3S2/c1-16(2)12-13-26-23(27)21-19-6-4-5-7-20(19)31-22(21)25-24(26)30-15-14-29-18-10-8-17(28-3)9-11-18/h8-11,16H,4-7,12-15H2,1-3H3. The Morgan fingerprint density at radius 2 is 1.90 bits per heavy atom. The highest BCUT2D eigenvalue weighted by Gasteiger charge is 2.22. The van der Waals surface area contributed by atoms with Gasteiger partial charge in [0, 0.05) is 17.2 Å². The largest absolute Gasteiger partial charge is 0.497 e. The number of thiophene rings is 1. The normalized spacial score (nSPS) is 13.5. The fraction of sp³-hybridized carbons (Fsp3) is 0.500. The Bertz CT molecular complexity index is 1090. The molecule has 1 aliphatic rings. The second-order valence-corrected chi connectivity index (χ2v) is 10.4. The van der Waals surface area contributed by atoms with E-state index in [1.165, 1.54) is 23.3 Å². The molecule has 0 atom stereocenters. The van der Waals surface area contributed by atoms with Crippen LogP contribution in [0.3, 0.4) is 0 Å². The smallest absolute Gasteiger partial charge is 0.263 e. The van der Waals surface area contributed by atoms with Gasteiger partial charge < -0.3 is 9.47 Å². The van der Waals surface area contributed by atoms with Crippen molar-refractivity contribution in [2.75, 3.05) is 19.5 Å². The topological polar surface area (TPSA) is 53.4 Å². The van der Waals surface area contributed by atoms with E-state index < -0.39 is 0 Å². The molecule has 2 heterocycles. The fourth-order valence-electron chi connectivity index (χ4n) is 3.88. The van der Waals surface area contributed by atoms with Crippen LogP contribution in [0.1, 0.15) is 43.6 Å². The first-order valence-electron chi connectivity index (χ1n) is 11.0. The minimum Gasteiger partial charge on any atom is -0.497 e. The molecule has 5 nitrogen and oxygen atoms in total. The molecule has 0 fully saturated rings. The van der Waals surface area contributed by atoms with Gasteiger partial charge in [-0.25, -0.2) is 4.98 Å². The Balaban J connectivity index is 1.53. The van der Waals surface area contributed by atoms with Gasteiger partial charge >= 0.3 is 0 Å². The molecule has 0 radical (unpaired) electrons. The van der Waals surface area contributed by atoms with Gasteiger partial charge in [-0.05, 0) is 67.9 Å². The average molecular weight is 459 g/mol. The lowest BCUT2D eigenvalue weighted by Crippen LogP contribution is -2.24. The molecule has 0 unspecified atom stereocenters. The van der Waals surface area contributed by atoms with E-state index in [-0.39, 0.29) is 5.56 Å². The molecule has 2 aromatic heterocycles. The summed E-state index contributed by atoms with van der Waals surface area (Å²) in [5.41, 5.74) is 1.41. The van der Waals surface area contributed by atoms with Crippen molar-refractivity contribution < 1.29 is 9.47 Å². The quantitative estimate of drug-likeness (QED) is 0.239. The molecular weight excluding hydrogens is 428 g/mol. The van der Waals surface area contributed by atoms with Gasteiger partial charge in [-0.2, -0.15) is 0 Å². The molecular formula is C24H30N2O3S2. The van der Waals surface area contributed by atoms with Gasteiger partial charge in [0.1, 0.15) is 16.3 Å². The molecule has 3 aromatic rings. The molecule has 0 aliphatic heterocycles. The summed E-state index contributed by atoms with van der Waals surface area (Å²) in [6.07, 6.45) is 5.45. The molecule has 166 valence electrons. The number of nitrogens with zero attached hydrogens (tertiary/aromatic N) is 2. The lowest BCUT2D eigenvalue weighted by atomic mass is 9.97. The van der Waals surface area contributed by atoms with Crippen LogP contribution in [0.15, 0.2) is 34.2 Å². The van der Waals surface area contributed by atoms with E-state index in [2.05, 4.69) is 13.8 Å². The molecule has 0 N–H and O–H groups in total.